The largest absolute Gasteiger partial charge is 0.383 e. The second-order valence-corrected chi connectivity index (χ2v) is 5.49. The Balaban J connectivity index is 0. The minimum atomic E-state index is -1.50. The lowest BCUT2D eigenvalue weighted by Gasteiger charge is -2.17. The zero-order valence-corrected chi connectivity index (χ0v) is 12.4. The van der Waals surface area contributed by atoms with E-state index >= 15 is 0 Å². The van der Waals surface area contributed by atoms with Gasteiger partial charge in [0.1, 0.15) is 5.60 Å². The van der Waals surface area contributed by atoms with Gasteiger partial charge in [0.15, 0.2) is 0 Å². The summed E-state index contributed by atoms with van der Waals surface area (Å²) in [6, 6.07) is -2.07. The summed E-state index contributed by atoms with van der Waals surface area (Å²) < 4.78 is 0. The van der Waals surface area contributed by atoms with Crippen molar-refractivity contribution >= 4 is 0 Å². The van der Waals surface area contributed by atoms with Crippen LogP contribution in [-0.2, 0) is 0 Å². The van der Waals surface area contributed by atoms with E-state index in [1.165, 1.54) is 41.5 Å². The van der Waals surface area contributed by atoms with Gasteiger partial charge >= 0.3 is 0 Å². The standard InChI is InChI=1S/C5H10N2O4.C5H11NO3/c1-4(6(8)9)5(2,3)7(10)11;1-4(6(8)9)5(2,3)7/h4H,1-3H3;4,7H,1-3H3. The lowest BCUT2D eigenvalue weighted by Crippen LogP contribution is -2.46. The molecule has 0 aliphatic heterocycles. The fraction of sp³-hybridized carbons (Fsp3) is 1.00. The van der Waals surface area contributed by atoms with Crippen LogP contribution < -0.4 is 0 Å². The number of nitrogens with zero attached hydrogens (tertiary/aromatic N) is 3. The minimum absolute atomic E-state index is 0.500. The Hall–Kier alpha value is -1.84. The Bertz CT molecular complexity index is 376. The molecule has 0 saturated carbocycles. The van der Waals surface area contributed by atoms with Crippen molar-refractivity contribution < 1.29 is 19.9 Å². The van der Waals surface area contributed by atoms with Crippen molar-refractivity contribution in [1.82, 2.24) is 0 Å². The molecule has 0 rings (SSSR count). The molecule has 0 aliphatic carbocycles. The van der Waals surface area contributed by atoms with Crippen molar-refractivity contribution in [2.45, 2.75) is 64.8 Å². The molecule has 0 aromatic carbocycles. The summed E-state index contributed by atoms with van der Waals surface area (Å²) in [5, 5.41) is 39.4. The predicted molar refractivity (Wildman–Crippen MR) is 70.3 cm³/mol. The highest BCUT2D eigenvalue weighted by molar-refractivity contribution is 4.73. The number of aliphatic hydroxyl groups is 1. The van der Waals surface area contributed by atoms with Gasteiger partial charge in [-0.05, 0) is 13.8 Å². The summed E-state index contributed by atoms with van der Waals surface area (Å²) in [4.78, 5) is 28.6. The van der Waals surface area contributed by atoms with Crippen molar-refractivity contribution in [2.24, 2.45) is 0 Å². The summed E-state index contributed by atoms with van der Waals surface area (Å²) in [7, 11) is 0. The van der Waals surface area contributed by atoms with E-state index in [-0.39, 0.29) is 0 Å². The molecule has 0 spiro atoms. The Morgan fingerprint density at radius 1 is 0.850 bits per heavy atom. The summed E-state index contributed by atoms with van der Waals surface area (Å²) in [5.74, 6) is 0. The van der Waals surface area contributed by atoms with Gasteiger partial charge in [-0.25, -0.2) is 0 Å². The number of hydrogen-bond donors (Lipinski definition) is 1. The molecule has 0 radical (unpaired) electrons. The maximum absolute atomic E-state index is 10.3. The van der Waals surface area contributed by atoms with Crippen LogP contribution in [0.5, 0.6) is 0 Å². The molecule has 10 heteroatoms. The average molecular weight is 295 g/mol. The third-order valence-electron chi connectivity index (χ3n) is 3.15. The van der Waals surface area contributed by atoms with E-state index in [2.05, 4.69) is 0 Å². The van der Waals surface area contributed by atoms with E-state index in [9.17, 15) is 30.3 Å². The molecule has 1 N–H and O–H groups in total. The Labute approximate surface area is 116 Å². The lowest BCUT2D eigenvalue weighted by molar-refractivity contribution is -0.643. The first-order valence-electron chi connectivity index (χ1n) is 5.79. The fourth-order valence-corrected chi connectivity index (χ4v) is 0.668. The molecule has 0 fully saturated rings. The molecule has 0 saturated heterocycles. The quantitative estimate of drug-likeness (QED) is 0.589. The Morgan fingerprint density at radius 2 is 1.15 bits per heavy atom. The molecule has 0 heterocycles. The van der Waals surface area contributed by atoms with Crippen molar-refractivity contribution in [1.29, 1.82) is 0 Å². The van der Waals surface area contributed by atoms with Crippen LogP contribution in [0, 0.1) is 30.3 Å². The highest BCUT2D eigenvalue weighted by atomic mass is 16.6. The SMILES string of the molecule is CC([N+](=O)[O-])C(C)(C)O.CC([N+](=O)[O-])C(C)(C)[N+](=O)[O-]. The summed E-state index contributed by atoms with van der Waals surface area (Å²) in [5.41, 5.74) is -2.72. The van der Waals surface area contributed by atoms with E-state index in [4.69, 9.17) is 5.11 Å². The molecular weight excluding hydrogens is 274 g/mol. The van der Waals surface area contributed by atoms with Gasteiger partial charge in [-0.1, -0.05) is 0 Å². The van der Waals surface area contributed by atoms with Crippen LogP contribution in [0.25, 0.3) is 0 Å². The van der Waals surface area contributed by atoms with Crippen LogP contribution >= 0.6 is 0 Å². The van der Waals surface area contributed by atoms with Crippen molar-refractivity contribution in [2.75, 3.05) is 0 Å². The van der Waals surface area contributed by atoms with Crippen LogP contribution in [0.2, 0.25) is 0 Å². The van der Waals surface area contributed by atoms with Crippen LogP contribution in [0.3, 0.4) is 0 Å². The molecule has 0 bridgehead atoms. The average Bonchev–Trinajstić information content (AvgIpc) is 2.25. The van der Waals surface area contributed by atoms with Gasteiger partial charge in [-0.15, -0.1) is 0 Å². The molecular formula is C10H21N3O7. The monoisotopic (exact) mass is 295 g/mol. The minimum Gasteiger partial charge on any atom is -0.383 e. The first-order chi connectivity index (χ1) is 8.65. The van der Waals surface area contributed by atoms with Gasteiger partial charge in [0.25, 0.3) is 11.6 Å². The highest BCUT2D eigenvalue weighted by Gasteiger charge is 2.46. The first-order valence-corrected chi connectivity index (χ1v) is 5.79. The van der Waals surface area contributed by atoms with Crippen molar-refractivity contribution in [3.63, 3.8) is 0 Å². The van der Waals surface area contributed by atoms with Crippen molar-refractivity contribution in [3.05, 3.63) is 30.3 Å². The second-order valence-electron chi connectivity index (χ2n) is 5.49. The van der Waals surface area contributed by atoms with Crippen molar-refractivity contribution in [3.8, 4) is 0 Å². The van der Waals surface area contributed by atoms with E-state index in [0.29, 0.717) is 0 Å². The Morgan fingerprint density at radius 3 is 1.20 bits per heavy atom. The molecule has 0 amide bonds. The normalized spacial score (nSPS) is 14.6. The topological polar surface area (TPSA) is 150 Å². The molecule has 20 heavy (non-hydrogen) atoms. The summed E-state index contributed by atoms with van der Waals surface area (Å²) in [6.45, 7) is 7.91. The summed E-state index contributed by atoms with van der Waals surface area (Å²) >= 11 is 0. The van der Waals surface area contributed by atoms with Gasteiger partial charge < -0.3 is 5.11 Å². The molecule has 0 aromatic rings. The van der Waals surface area contributed by atoms with E-state index in [1.54, 1.807) is 0 Å². The van der Waals surface area contributed by atoms with Gasteiger partial charge in [0, 0.05) is 42.5 Å². The van der Waals surface area contributed by atoms with E-state index in [1.807, 2.05) is 0 Å². The summed E-state index contributed by atoms with van der Waals surface area (Å²) in [6.07, 6.45) is 0. The molecule has 2 atom stereocenters. The van der Waals surface area contributed by atoms with Gasteiger partial charge in [0.05, 0.1) is 0 Å². The number of hydrogen-bond acceptors (Lipinski definition) is 7. The van der Waals surface area contributed by atoms with Crippen LogP contribution in [0.1, 0.15) is 41.5 Å². The molecule has 0 aliphatic rings. The first kappa shape index (κ1) is 20.5. The predicted octanol–water partition coefficient (Wildman–Crippen LogP) is 1.13. The van der Waals surface area contributed by atoms with Crippen LogP contribution in [0.4, 0.5) is 0 Å². The smallest absolute Gasteiger partial charge is 0.282 e. The molecule has 118 valence electrons. The number of rotatable bonds is 5. The lowest BCUT2D eigenvalue weighted by atomic mass is 9.98. The molecule has 10 nitrogen and oxygen atoms in total. The van der Waals surface area contributed by atoms with Crippen LogP contribution in [0.15, 0.2) is 0 Å². The third-order valence-corrected chi connectivity index (χ3v) is 3.15. The number of nitro groups is 3. The maximum atomic E-state index is 10.3. The maximum Gasteiger partial charge on any atom is 0.282 e. The second kappa shape index (κ2) is 7.08. The van der Waals surface area contributed by atoms with Gasteiger partial charge in [-0.3, -0.25) is 30.3 Å². The Kier molecular flexibility index (Phi) is 7.25. The molecule has 0 aromatic heterocycles. The van der Waals surface area contributed by atoms with Crippen LogP contribution in [-0.4, -0.2) is 43.1 Å². The highest BCUT2D eigenvalue weighted by Crippen LogP contribution is 2.15. The van der Waals surface area contributed by atoms with Gasteiger partial charge in [0.2, 0.25) is 6.04 Å². The van der Waals surface area contributed by atoms with E-state index < -0.39 is 38.0 Å². The molecule has 2 unspecified atom stereocenters. The third kappa shape index (κ3) is 6.36. The van der Waals surface area contributed by atoms with Gasteiger partial charge in [-0.2, -0.15) is 0 Å². The zero-order valence-electron chi connectivity index (χ0n) is 12.4. The zero-order chi connectivity index (χ0) is 16.9. The van der Waals surface area contributed by atoms with E-state index in [0.717, 1.165) is 0 Å². The fourth-order valence-electron chi connectivity index (χ4n) is 0.668.